The lowest BCUT2D eigenvalue weighted by molar-refractivity contribution is -0.385. The number of amides is 1. The third kappa shape index (κ3) is 2.82. The van der Waals surface area contributed by atoms with E-state index in [-0.39, 0.29) is 16.9 Å². The molecule has 0 aliphatic heterocycles. The number of nitro benzene ring substituents is 1. The summed E-state index contributed by atoms with van der Waals surface area (Å²) < 4.78 is 0. The number of hydrogen-bond donors (Lipinski definition) is 3. The fourth-order valence-corrected chi connectivity index (χ4v) is 2.26. The molecular formula is C15H12N4O4. The summed E-state index contributed by atoms with van der Waals surface area (Å²) in [7, 11) is 0. The minimum atomic E-state index is -0.525. The molecule has 8 heteroatoms. The van der Waals surface area contributed by atoms with Crippen molar-refractivity contribution in [3.63, 3.8) is 0 Å². The highest BCUT2D eigenvalue weighted by atomic mass is 16.6. The Hall–Kier alpha value is -3.42. The highest BCUT2D eigenvalue weighted by molar-refractivity contribution is 6.05. The van der Waals surface area contributed by atoms with Crippen LogP contribution in [0.3, 0.4) is 0 Å². The van der Waals surface area contributed by atoms with Gasteiger partial charge in [0.1, 0.15) is 0 Å². The molecule has 0 saturated carbocycles. The van der Waals surface area contributed by atoms with Crippen molar-refractivity contribution in [2.75, 3.05) is 5.32 Å². The van der Waals surface area contributed by atoms with E-state index in [1.54, 1.807) is 25.1 Å². The molecule has 0 aliphatic carbocycles. The number of aryl methyl sites for hydroxylation is 1. The molecule has 0 spiro atoms. The SMILES string of the molecule is Cc1ccc(C(=O)Nc2ccc3[nH]c(=O)[nH]c3c2)cc1[N+](=O)[O-]. The summed E-state index contributed by atoms with van der Waals surface area (Å²) in [5.74, 6) is -0.467. The molecule has 0 aliphatic rings. The predicted molar refractivity (Wildman–Crippen MR) is 84.7 cm³/mol. The van der Waals surface area contributed by atoms with Crippen molar-refractivity contribution in [1.29, 1.82) is 0 Å². The summed E-state index contributed by atoms with van der Waals surface area (Å²) in [6.07, 6.45) is 0. The average Bonchev–Trinajstić information content (AvgIpc) is 2.86. The van der Waals surface area contributed by atoms with Crippen LogP contribution in [-0.4, -0.2) is 20.8 Å². The first-order valence-corrected chi connectivity index (χ1v) is 6.72. The van der Waals surface area contributed by atoms with E-state index >= 15 is 0 Å². The van der Waals surface area contributed by atoms with Gasteiger partial charge >= 0.3 is 5.69 Å². The first kappa shape index (κ1) is 14.5. The second kappa shape index (κ2) is 5.41. The third-order valence-electron chi connectivity index (χ3n) is 3.44. The van der Waals surface area contributed by atoms with Crippen molar-refractivity contribution >= 4 is 28.3 Å². The highest BCUT2D eigenvalue weighted by Crippen LogP contribution is 2.21. The number of H-pyrrole nitrogens is 2. The van der Waals surface area contributed by atoms with Crippen LogP contribution in [0.25, 0.3) is 11.0 Å². The second-order valence-corrected chi connectivity index (χ2v) is 5.05. The van der Waals surface area contributed by atoms with Gasteiger partial charge in [-0.15, -0.1) is 0 Å². The molecule has 3 aromatic rings. The van der Waals surface area contributed by atoms with Crippen LogP contribution in [-0.2, 0) is 0 Å². The van der Waals surface area contributed by atoms with Crippen LogP contribution in [0.5, 0.6) is 0 Å². The number of aromatic nitrogens is 2. The normalized spacial score (nSPS) is 10.7. The number of aromatic amines is 2. The van der Waals surface area contributed by atoms with Gasteiger partial charge < -0.3 is 15.3 Å². The molecule has 1 aromatic heterocycles. The van der Waals surface area contributed by atoms with Crippen molar-refractivity contribution < 1.29 is 9.72 Å². The number of nitro groups is 1. The predicted octanol–water partition coefficient (Wildman–Crippen LogP) is 2.33. The largest absolute Gasteiger partial charge is 0.323 e. The highest BCUT2D eigenvalue weighted by Gasteiger charge is 2.15. The van der Waals surface area contributed by atoms with E-state index in [1.165, 1.54) is 18.2 Å². The summed E-state index contributed by atoms with van der Waals surface area (Å²) in [5, 5.41) is 13.6. The fraction of sp³-hybridized carbons (Fsp3) is 0.0667. The number of nitrogens with zero attached hydrogens (tertiary/aromatic N) is 1. The summed E-state index contributed by atoms with van der Waals surface area (Å²) in [4.78, 5) is 39.0. The molecule has 1 heterocycles. The number of imidazole rings is 1. The zero-order chi connectivity index (χ0) is 16.6. The average molecular weight is 312 g/mol. The summed E-state index contributed by atoms with van der Waals surface area (Å²) in [6, 6.07) is 9.18. The zero-order valence-electron chi connectivity index (χ0n) is 12.0. The maximum Gasteiger partial charge on any atom is 0.323 e. The van der Waals surface area contributed by atoms with Gasteiger partial charge in [-0.05, 0) is 31.2 Å². The minimum Gasteiger partial charge on any atom is -0.322 e. The van der Waals surface area contributed by atoms with Gasteiger partial charge in [-0.3, -0.25) is 14.9 Å². The Labute approximate surface area is 129 Å². The van der Waals surface area contributed by atoms with Gasteiger partial charge in [-0.2, -0.15) is 0 Å². The number of anilines is 1. The number of rotatable bonds is 3. The molecule has 0 unspecified atom stereocenters. The minimum absolute atomic E-state index is 0.108. The van der Waals surface area contributed by atoms with E-state index in [1.807, 2.05) is 0 Å². The number of fused-ring (bicyclic) bond motifs is 1. The summed E-state index contributed by atoms with van der Waals surface area (Å²) in [6.45, 7) is 1.61. The molecule has 0 radical (unpaired) electrons. The second-order valence-electron chi connectivity index (χ2n) is 5.05. The van der Waals surface area contributed by atoms with Gasteiger partial charge in [-0.1, -0.05) is 6.07 Å². The van der Waals surface area contributed by atoms with E-state index in [2.05, 4.69) is 15.3 Å². The molecule has 0 bridgehead atoms. The number of benzene rings is 2. The van der Waals surface area contributed by atoms with Crippen molar-refractivity contribution in [2.24, 2.45) is 0 Å². The smallest absolute Gasteiger partial charge is 0.322 e. The Morgan fingerprint density at radius 2 is 1.87 bits per heavy atom. The Morgan fingerprint density at radius 3 is 2.61 bits per heavy atom. The van der Waals surface area contributed by atoms with Crippen LogP contribution >= 0.6 is 0 Å². The van der Waals surface area contributed by atoms with Gasteiger partial charge in [0, 0.05) is 22.9 Å². The van der Waals surface area contributed by atoms with Crippen LogP contribution in [0, 0.1) is 17.0 Å². The Bertz CT molecular complexity index is 987. The molecule has 3 rings (SSSR count). The Kier molecular flexibility index (Phi) is 3.41. The van der Waals surface area contributed by atoms with Gasteiger partial charge in [0.15, 0.2) is 0 Å². The molecule has 0 fully saturated rings. The number of carbonyl (C=O) groups is 1. The maximum atomic E-state index is 12.2. The lowest BCUT2D eigenvalue weighted by Gasteiger charge is -2.06. The number of nitrogens with one attached hydrogen (secondary N) is 3. The summed E-state index contributed by atoms with van der Waals surface area (Å²) in [5.41, 5.74) is 1.88. The van der Waals surface area contributed by atoms with Gasteiger partial charge in [-0.25, -0.2) is 4.79 Å². The number of carbonyl (C=O) groups excluding carboxylic acids is 1. The molecule has 8 nitrogen and oxygen atoms in total. The van der Waals surface area contributed by atoms with Crippen molar-refractivity contribution in [1.82, 2.24) is 9.97 Å². The fourth-order valence-electron chi connectivity index (χ4n) is 2.26. The van der Waals surface area contributed by atoms with Crippen LogP contribution in [0.15, 0.2) is 41.2 Å². The van der Waals surface area contributed by atoms with E-state index < -0.39 is 10.8 Å². The van der Waals surface area contributed by atoms with Crippen LogP contribution < -0.4 is 11.0 Å². The van der Waals surface area contributed by atoms with E-state index in [0.717, 1.165) is 0 Å². The molecule has 0 saturated heterocycles. The van der Waals surface area contributed by atoms with E-state index in [0.29, 0.717) is 22.3 Å². The van der Waals surface area contributed by atoms with E-state index in [4.69, 9.17) is 0 Å². The molecule has 2 aromatic carbocycles. The maximum absolute atomic E-state index is 12.2. The first-order valence-electron chi connectivity index (χ1n) is 6.72. The van der Waals surface area contributed by atoms with Crippen molar-refractivity contribution in [3.05, 3.63) is 68.1 Å². The van der Waals surface area contributed by atoms with Crippen molar-refractivity contribution in [3.8, 4) is 0 Å². The monoisotopic (exact) mass is 312 g/mol. The van der Waals surface area contributed by atoms with Crippen LogP contribution in [0.4, 0.5) is 11.4 Å². The molecular weight excluding hydrogens is 300 g/mol. The van der Waals surface area contributed by atoms with Crippen LogP contribution in [0.1, 0.15) is 15.9 Å². The molecule has 23 heavy (non-hydrogen) atoms. The molecule has 0 atom stereocenters. The first-order chi connectivity index (χ1) is 10.9. The quantitative estimate of drug-likeness (QED) is 0.507. The van der Waals surface area contributed by atoms with Crippen molar-refractivity contribution in [2.45, 2.75) is 6.92 Å². The molecule has 1 amide bonds. The van der Waals surface area contributed by atoms with Gasteiger partial charge in [0.05, 0.1) is 16.0 Å². The number of hydrogen-bond acceptors (Lipinski definition) is 4. The third-order valence-corrected chi connectivity index (χ3v) is 3.44. The van der Waals surface area contributed by atoms with Gasteiger partial charge in [0.25, 0.3) is 11.6 Å². The standard InChI is InChI=1S/C15H12N4O4/c1-8-2-3-9(6-13(8)19(22)23)14(20)16-10-4-5-11-12(7-10)18-15(21)17-11/h2-7H,1H3,(H,16,20)(H2,17,18,21). The Morgan fingerprint density at radius 1 is 1.13 bits per heavy atom. The zero-order valence-corrected chi connectivity index (χ0v) is 12.0. The van der Waals surface area contributed by atoms with E-state index in [9.17, 15) is 19.7 Å². The molecule has 116 valence electrons. The Balaban J connectivity index is 1.89. The van der Waals surface area contributed by atoms with Gasteiger partial charge in [0.2, 0.25) is 0 Å². The lowest BCUT2D eigenvalue weighted by Crippen LogP contribution is -2.12. The summed E-state index contributed by atoms with van der Waals surface area (Å²) >= 11 is 0. The lowest BCUT2D eigenvalue weighted by atomic mass is 10.1. The molecule has 3 N–H and O–H groups in total. The van der Waals surface area contributed by atoms with Crippen LogP contribution in [0.2, 0.25) is 0 Å². The topological polar surface area (TPSA) is 121 Å².